The number of fused-ring (bicyclic) bond motifs is 1. The Morgan fingerprint density at radius 2 is 2.12 bits per heavy atom. The molecule has 6 nitrogen and oxygen atoms in total. The zero-order valence-corrected chi connectivity index (χ0v) is 9.62. The molecule has 17 heavy (non-hydrogen) atoms. The fraction of sp³-hybridized carbons (Fsp3) is 0.273. The van der Waals surface area contributed by atoms with E-state index in [-0.39, 0.29) is 0 Å². The van der Waals surface area contributed by atoms with Crippen LogP contribution in [0.3, 0.4) is 0 Å². The summed E-state index contributed by atoms with van der Waals surface area (Å²) >= 11 is 0. The van der Waals surface area contributed by atoms with E-state index in [1.54, 1.807) is 18.7 Å². The lowest BCUT2D eigenvalue weighted by Gasteiger charge is -2.07. The van der Waals surface area contributed by atoms with E-state index in [4.69, 9.17) is 0 Å². The van der Waals surface area contributed by atoms with Crippen LogP contribution in [0.25, 0.3) is 17.1 Å². The predicted molar refractivity (Wildman–Crippen MR) is 62.9 cm³/mol. The largest absolute Gasteiger partial charge is 0.342 e. The third-order valence-corrected chi connectivity index (χ3v) is 2.56. The van der Waals surface area contributed by atoms with Crippen LogP contribution < -0.4 is 0 Å². The average Bonchev–Trinajstić information content (AvgIpc) is 2.96. The smallest absolute Gasteiger partial charge is 0.237 e. The molecule has 0 aliphatic heterocycles. The highest BCUT2D eigenvalue weighted by molar-refractivity contribution is 5.68. The van der Waals surface area contributed by atoms with E-state index in [9.17, 15) is 0 Å². The van der Waals surface area contributed by atoms with Gasteiger partial charge < -0.3 is 4.98 Å². The number of aromatic nitrogens is 6. The molecule has 6 heteroatoms. The summed E-state index contributed by atoms with van der Waals surface area (Å²) in [6, 6.07) is 0. The number of aromatic amines is 1. The Kier molecular flexibility index (Phi) is 2.14. The van der Waals surface area contributed by atoms with Crippen molar-refractivity contribution in [1.29, 1.82) is 0 Å². The van der Waals surface area contributed by atoms with Gasteiger partial charge in [0, 0.05) is 18.3 Å². The van der Waals surface area contributed by atoms with Crippen molar-refractivity contribution in [3.63, 3.8) is 0 Å². The van der Waals surface area contributed by atoms with Crippen molar-refractivity contribution in [2.75, 3.05) is 0 Å². The minimum Gasteiger partial charge on any atom is -0.342 e. The maximum absolute atomic E-state index is 4.39. The van der Waals surface area contributed by atoms with Gasteiger partial charge in [0.1, 0.15) is 11.3 Å². The van der Waals surface area contributed by atoms with Gasteiger partial charge in [-0.15, -0.1) is 0 Å². The molecular formula is C11H12N6. The second-order valence-electron chi connectivity index (χ2n) is 4.12. The third-order valence-electron chi connectivity index (χ3n) is 2.56. The predicted octanol–water partition coefficient (Wildman–Crippen LogP) is 1.66. The Balaban J connectivity index is 2.16. The van der Waals surface area contributed by atoms with Crippen molar-refractivity contribution >= 4 is 11.2 Å². The zero-order chi connectivity index (χ0) is 11.8. The molecule has 86 valence electrons. The Bertz CT molecular complexity index is 651. The molecule has 1 N–H and O–H groups in total. The van der Waals surface area contributed by atoms with Crippen LogP contribution in [-0.2, 0) is 0 Å². The molecule has 0 aliphatic rings. The number of nitrogens with zero attached hydrogens (tertiary/aromatic N) is 5. The van der Waals surface area contributed by atoms with E-state index in [2.05, 4.69) is 38.8 Å². The molecule has 0 saturated carbocycles. The van der Waals surface area contributed by atoms with Crippen LogP contribution in [0, 0.1) is 0 Å². The van der Waals surface area contributed by atoms with Gasteiger partial charge in [-0.1, -0.05) is 13.8 Å². The number of hydrogen-bond donors (Lipinski definition) is 1. The summed E-state index contributed by atoms with van der Waals surface area (Å²) in [6.45, 7) is 4.18. The van der Waals surface area contributed by atoms with Crippen LogP contribution in [-0.4, -0.2) is 29.5 Å². The number of imidazole rings is 2. The molecule has 0 aliphatic carbocycles. The SMILES string of the molecule is CC(C)c1nccn1-c1ncc2[nH]cnc2n1. The summed E-state index contributed by atoms with van der Waals surface area (Å²) < 4.78 is 1.89. The fourth-order valence-corrected chi connectivity index (χ4v) is 1.75. The highest BCUT2D eigenvalue weighted by atomic mass is 15.2. The van der Waals surface area contributed by atoms with E-state index in [0.717, 1.165) is 11.3 Å². The maximum Gasteiger partial charge on any atom is 0.237 e. The first-order valence-electron chi connectivity index (χ1n) is 5.45. The van der Waals surface area contributed by atoms with Crippen LogP contribution in [0.4, 0.5) is 0 Å². The van der Waals surface area contributed by atoms with Crippen LogP contribution >= 0.6 is 0 Å². The number of nitrogens with one attached hydrogen (secondary N) is 1. The van der Waals surface area contributed by atoms with Crippen LogP contribution in [0.15, 0.2) is 24.9 Å². The van der Waals surface area contributed by atoms with Crippen molar-refractivity contribution in [2.24, 2.45) is 0 Å². The molecular weight excluding hydrogens is 216 g/mol. The van der Waals surface area contributed by atoms with Gasteiger partial charge in [-0.3, -0.25) is 4.57 Å². The van der Waals surface area contributed by atoms with Crippen molar-refractivity contribution in [1.82, 2.24) is 29.5 Å². The molecule has 0 amide bonds. The molecule has 0 saturated heterocycles. The standard InChI is InChI=1S/C11H12N6/c1-7(2)10-12-3-4-17(10)11-13-5-8-9(16-11)15-6-14-8/h3-7H,1-2H3,(H,13,14,15,16). The van der Waals surface area contributed by atoms with E-state index in [0.29, 0.717) is 17.5 Å². The first-order valence-corrected chi connectivity index (χ1v) is 5.45. The molecule has 3 rings (SSSR count). The average molecular weight is 228 g/mol. The summed E-state index contributed by atoms with van der Waals surface area (Å²) in [7, 11) is 0. The Morgan fingerprint density at radius 1 is 1.24 bits per heavy atom. The second kappa shape index (κ2) is 3.65. The number of hydrogen-bond acceptors (Lipinski definition) is 4. The molecule has 0 unspecified atom stereocenters. The summed E-state index contributed by atoms with van der Waals surface area (Å²) in [6.07, 6.45) is 6.96. The lowest BCUT2D eigenvalue weighted by molar-refractivity contribution is 0.734. The normalized spacial score (nSPS) is 11.5. The van der Waals surface area contributed by atoms with Crippen LogP contribution in [0.5, 0.6) is 0 Å². The van der Waals surface area contributed by atoms with E-state index in [1.165, 1.54) is 0 Å². The summed E-state index contributed by atoms with van der Waals surface area (Å²) in [5, 5.41) is 0. The monoisotopic (exact) mass is 228 g/mol. The minimum absolute atomic E-state index is 0.323. The first-order chi connectivity index (χ1) is 8.25. The Morgan fingerprint density at radius 3 is 2.94 bits per heavy atom. The molecule has 0 bridgehead atoms. The molecule has 3 heterocycles. The molecule has 0 spiro atoms. The highest BCUT2D eigenvalue weighted by Crippen LogP contribution is 2.15. The topological polar surface area (TPSA) is 72.3 Å². The van der Waals surface area contributed by atoms with Gasteiger partial charge in [0.2, 0.25) is 5.95 Å². The van der Waals surface area contributed by atoms with Gasteiger partial charge in [0.05, 0.1) is 12.5 Å². The van der Waals surface area contributed by atoms with Gasteiger partial charge in [0.15, 0.2) is 5.65 Å². The Labute approximate surface area is 97.8 Å². The molecule has 0 aromatic carbocycles. The molecule has 0 fully saturated rings. The third kappa shape index (κ3) is 1.57. The maximum atomic E-state index is 4.39. The van der Waals surface area contributed by atoms with Crippen molar-refractivity contribution in [2.45, 2.75) is 19.8 Å². The van der Waals surface area contributed by atoms with Gasteiger partial charge in [-0.25, -0.2) is 15.0 Å². The first kappa shape index (κ1) is 9.95. The van der Waals surface area contributed by atoms with Gasteiger partial charge in [0.25, 0.3) is 0 Å². The fourth-order valence-electron chi connectivity index (χ4n) is 1.75. The summed E-state index contributed by atoms with van der Waals surface area (Å²) in [4.78, 5) is 20.1. The van der Waals surface area contributed by atoms with Crippen molar-refractivity contribution in [3.8, 4) is 5.95 Å². The molecule has 0 radical (unpaired) electrons. The van der Waals surface area contributed by atoms with E-state index >= 15 is 0 Å². The van der Waals surface area contributed by atoms with Gasteiger partial charge >= 0.3 is 0 Å². The molecule has 0 atom stereocenters. The molecule has 3 aromatic rings. The summed E-state index contributed by atoms with van der Waals surface area (Å²) in [5.74, 6) is 1.87. The van der Waals surface area contributed by atoms with Crippen LogP contribution in [0.1, 0.15) is 25.6 Å². The summed E-state index contributed by atoms with van der Waals surface area (Å²) in [5.41, 5.74) is 1.50. The van der Waals surface area contributed by atoms with E-state index in [1.807, 2.05) is 10.8 Å². The zero-order valence-electron chi connectivity index (χ0n) is 9.62. The van der Waals surface area contributed by atoms with Gasteiger partial charge in [-0.2, -0.15) is 4.98 Å². The lowest BCUT2D eigenvalue weighted by Crippen LogP contribution is -2.06. The number of H-pyrrole nitrogens is 1. The van der Waals surface area contributed by atoms with Crippen molar-refractivity contribution < 1.29 is 0 Å². The van der Waals surface area contributed by atoms with Crippen molar-refractivity contribution in [3.05, 3.63) is 30.7 Å². The minimum atomic E-state index is 0.323. The van der Waals surface area contributed by atoms with Gasteiger partial charge in [-0.05, 0) is 0 Å². The molecule has 3 aromatic heterocycles. The van der Waals surface area contributed by atoms with E-state index < -0.39 is 0 Å². The Hall–Kier alpha value is -2.24. The number of rotatable bonds is 2. The lowest BCUT2D eigenvalue weighted by atomic mass is 10.2. The second-order valence-corrected chi connectivity index (χ2v) is 4.12. The highest BCUT2D eigenvalue weighted by Gasteiger charge is 2.11. The quantitative estimate of drug-likeness (QED) is 0.724. The van der Waals surface area contributed by atoms with Crippen LogP contribution in [0.2, 0.25) is 0 Å².